The molecule has 0 spiro atoms. The van der Waals surface area contributed by atoms with Crippen molar-refractivity contribution in [2.45, 2.75) is 0 Å². The summed E-state index contributed by atoms with van der Waals surface area (Å²) < 4.78 is 305. The zero-order valence-electron chi connectivity index (χ0n) is 51.3. The maximum absolute atomic E-state index is 14.9. The third-order valence-corrected chi connectivity index (χ3v) is 15.7. The van der Waals surface area contributed by atoms with Gasteiger partial charge in [0.25, 0.3) is 0 Å². The second-order valence-corrected chi connectivity index (χ2v) is 21.9. The molecule has 0 bridgehead atoms. The van der Waals surface area contributed by atoms with E-state index in [1.54, 1.807) is 0 Å². The Morgan fingerprint density at radius 1 is 0.129 bits per heavy atom. The van der Waals surface area contributed by atoms with Crippen LogP contribution in [0.1, 0.15) is 0 Å². The van der Waals surface area contributed by atoms with Crippen molar-refractivity contribution in [2.75, 3.05) is 0 Å². The molecule has 0 atom stereocenters. The highest BCUT2D eigenvalue weighted by Crippen LogP contribution is 2.25. The third-order valence-electron chi connectivity index (χ3n) is 15.7. The lowest BCUT2D eigenvalue weighted by molar-refractivity contribution is 0.377. The highest BCUT2D eigenvalue weighted by molar-refractivity contribution is 6.93. The minimum absolute atomic E-state index is 0.141. The molecule has 101 heavy (non-hydrogen) atoms. The van der Waals surface area contributed by atoms with Gasteiger partial charge in [0, 0.05) is 21.9 Å². The predicted octanol–water partition coefficient (Wildman–Crippen LogP) is 10.6. The van der Waals surface area contributed by atoms with Crippen molar-refractivity contribution < 1.29 is 102 Å². The molecule has 0 unspecified atom stereocenters. The average molecular weight is 1400 g/mol. The van der Waals surface area contributed by atoms with Crippen molar-refractivity contribution in [3.8, 4) is 0 Å². The summed E-state index contributed by atoms with van der Waals surface area (Å²) in [6, 6.07) is 83.4. The summed E-state index contributed by atoms with van der Waals surface area (Å²) in [5.74, 6) is -64.4. The van der Waals surface area contributed by atoms with Crippen molar-refractivity contribution in [2.24, 2.45) is 0 Å². The lowest BCUT2D eigenvalue weighted by Gasteiger charge is -2.25. The Hall–Kier alpha value is -10.5. The molecule has 0 fully saturated rings. The van der Waals surface area contributed by atoms with Crippen LogP contribution in [-0.2, 0) is 13.7 Å². The number of benzene rings is 12. The van der Waals surface area contributed by atoms with E-state index in [9.17, 15) is 87.8 Å². The first-order chi connectivity index (χ1) is 48.5. The zero-order valence-corrected chi connectivity index (χ0v) is 51.3. The monoisotopic (exact) mass is 1400 g/mol. The zero-order chi connectivity index (χ0) is 72.3. The second kappa shape index (κ2) is 32.7. The molecule has 12 aromatic rings. The molecule has 0 radical (unpaired) electrons. The van der Waals surface area contributed by atoms with Crippen LogP contribution in [0.5, 0.6) is 0 Å². The van der Waals surface area contributed by atoms with Crippen LogP contribution in [0, 0.1) is 116 Å². The first-order valence-electron chi connectivity index (χ1n) is 29.9. The van der Waals surface area contributed by atoms with E-state index < -0.39 is 152 Å². The summed E-state index contributed by atoms with van der Waals surface area (Å²) in [5.41, 5.74) is -2.54. The van der Waals surface area contributed by atoms with Gasteiger partial charge in [0.1, 0.15) is 0 Å². The Morgan fingerprint density at radius 3 is 0.347 bits per heavy atom. The molecule has 29 heteroatoms. The largest absolute Gasteiger partial charge is 0.484 e. The van der Waals surface area contributed by atoms with Gasteiger partial charge in [-0.25, -0.2) is 87.8 Å². The summed E-state index contributed by atoms with van der Waals surface area (Å²) in [6.07, 6.45) is 0. The lowest BCUT2D eigenvalue weighted by atomic mass is 9.46. The number of rotatable bonds is 18. The van der Waals surface area contributed by atoms with Gasteiger partial charge >= 0.3 is 41.5 Å². The SMILES string of the molecule is Fc1c(F)c(F)c(B(OB(c2c(F)c(F)c(F)c(F)c2F)c2c(F)c(F)c(F)c(F)c2F)c2c(F)c(F)c(F)c(F)c2F)c(F)c1F.c1ccc(B(OB(c2ccccc2)c2ccccc2)c2ccccc2)cc1.c1ccc(B(OB(c2ccccc2)c2ccccc2)c2ccccc2)cc1. The van der Waals surface area contributed by atoms with Gasteiger partial charge in [-0.15, -0.1) is 0 Å². The molecular formula is C72H40B6F20O3. The minimum atomic E-state index is -4.38. The first-order valence-corrected chi connectivity index (χ1v) is 29.9. The van der Waals surface area contributed by atoms with E-state index in [2.05, 4.69) is 199 Å². The first kappa shape index (κ1) is 73.2. The molecule has 0 aromatic heterocycles. The van der Waals surface area contributed by atoms with Crippen molar-refractivity contribution in [1.29, 1.82) is 0 Å². The summed E-state index contributed by atoms with van der Waals surface area (Å²) in [5, 5.41) is 0. The van der Waals surface area contributed by atoms with Crippen molar-refractivity contribution in [1.82, 2.24) is 0 Å². The van der Waals surface area contributed by atoms with Gasteiger partial charge in [0.15, 0.2) is 116 Å². The molecule has 3 nitrogen and oxygen atoms in total. The maximum atomic E-state index is 14.9. The van der Waals surface area contributed by atoms with Gasteiger partial charge in [-0.3, -0.25) is 0 Å². The fraction of sp³-hybridized carbons (Fsp3) is 0. The number of hydrogen-bond acceptors (Lipinski definition) is 3. The van der Waals surface area contributed by atoms with E-state index >= 15 is 0 Å². The maximum Gasteiger partial charge on any atom is 0.359 e. The Balaban J connectivity index is 0.000000174. The van der Waals surface area contributed by atoms with E-state index in [1.807, 2.05) is 48.5 Å². The van der Waals surface area contributed by atoms with Crippen LogP contribution in [0.4, 0.5) is 87.8 Å². The highest BCUT2D eigenvalue weighted by Gasteiger charge is 2.48. The van der Waals surface area contributed by atoms with Gasteiger partial charge in [0.05, 0.1) is 0 Å². The van der Waals surface area contributed by atoms with Gasteiger partial charge in [-0.05, 0) is 43.7 Å². The van der Waals surface area contributed by atoms with Crippen LogP contribution in [0.2, 0.25) is 0 Å². The Bertz CT molecular complexity index is 3970. The quantitative estimate of drug-likeness (QED) is 0.0371. The molecule has 0 amide bonds. The average Bonchev–Trinajstić information content (AvgIpc) is 0.737. The standard InChI is InChI=1S/C24B2F20O.2C24H20B2O/c27-5-1(6(28)14(36)21(43)13(5)35)25(2-7(29)15(37)22(44)16(38)8(2)30)47-26(3-9(31)17(39)23(45)18(40)10(3)32)4-11(33)19(41)24(46)20(42)12(4)34;2*1-5-13-21(14-6-1)25(22-15-7-2-8-16-22)27-26(23-17-9-3-10-18-23)24-19-11-4-12-20-24/h;2*1-20H. The van der Waals surface area contributed by atoms with Gasteiger partial charge in [-0.2, -0.15) is 0 Å². The summed E-state index contributed by atoms with van der Waals surface area (Å²) >= 11 is 0. The van der Waals surface area contributed by atoms with Crippen LogP contribution in [-0.4, -0.2) is 41.5 Å². The van der Waals surface area contributed by atoms with Crippen molar-refractivity contribution >= 4 is 107 Å². The smallest absolute Gasteiger partial charge is 0.359 e. The summed E-state index contributed by atoms with van der Waals surface area (Å²) in [7, 11) is 0. The molecule has 0 saturated heterocycles. The molecule has 0 aliphatic rings. The molecule has 0 saturated carbocycles. The molecule has 504 valence electrons. The van der Waals surface area contributed by atoms with Crippen molar-refractivity contribution in [3.63, 3.8) is 0 Å². The molecule has 0 aliphatic heterocycles. The van der Waals surface area contributed by atoms with E-state index in [4.69, 9.17) is 9.14 Å². The minimum Gasteiger partial charge on any atom is -0.484 e. The second-order valence-electron chi connectivity index (χ2n) is 21.9. The molecule has 0 N–H and O–H groups in total. The number of hydrogen-bond donors (Lipinski definition) is 0. The normalized spacial score (nSPS) is 10.9. The lowest BCUT2D eigenvalue weighted by Crippen LogP contribution is -2.62. The summed E-state index contributed by atoms with van der Waals surface area (Å²) in [4.78, 5) is 0. The van der Waals surface area contributed by atoms with E-state index in [0.717, 1.165) is 43.7 Å². The van der Waals surface area contributed by atoms with Crippen LogP contribution >= 0.6 is 0 Å². The molecule has 12 rings (SSSR count). The van der Waals surface area contributed by atoms with E-state index in [-0.39, 0.29) is 27.7 Å². The Morgan fingerprint density at radius 2 is 0.228 bits per heavy atom. The van der Waals surface area contributed by atoms with Crippen LogP contribution in [0.25, 0.3) is 0 Å². The van der Waals surface area contributed by atoms with E-state index in [1.165, 1.54) is 0 Å². The third kappa shape index (κ3) is 15.6. The van der Waals surface area contributed by atoms with Gasteiger partial charge in [-0.1, -0.05) is 243 Å². The predicted molar refractivity (Wildman–Crippen MR) is 350 cm³/mol. The van der Waals surface area contributed by atoms with E-state index in [0.29, 0.717) is 0 Å². The Kier molecular flexibility index (Phi) is 23.7. The van der Waals surface area contributed by atoms with Crippen LogP contribution in [0.3, 0.4) is 0 Å². The molecule has 12 aromatic carbocycles. The number of halogens is 20. The van der Waals surface area contributed by atoms with Gasteiger partial charge < -0.3 is 13.7 Å². The highest BCUT2D eigenvalue weighted by atomic mass is 19.2. The fourth-order valence-corrected chi connectivity index (χ4v) is 10.8. The molecule has 0 heterocycles. The molecule has 0 aliphatic carbocycles. The fourth-order valence-electron chi connectivity index (χ4n) is 10.8. The van der Waals surface area contributed by atoms with Gasteiger partial charge in [0.2, 0.25) is 0 Å². The molecular weight excluding hydrogens is 1360 g/mol. The Labute approximate surface area is 565 Å². The van der Waals surface area contributed by atoms with Crippen molar-refractivity contribution in [3.05, 3.63) is 359 Å². The summed E-state index contributed by atoms with van der Waals surface area (Å²) in [6.45, 7) is -9.32. The van der Waals surface area contributed by atoms with Crippen LogP contribution < -0.4 is 65.6 Å². The topological polar surface area (TPSA) is 27.7 Å². The van der Waals surface area contributed by atoms with Crippen LogP contribution in [0.15, 0.2) is 243 Å².